The molecule has 0 aliphatic heterocycles. The van der Waals surface area contributed by atoms with Crippen LogP contribution in [0.15, 0.2) is 54.6 Å². The molecule has 0 aliphatic rings. The zero-order valence-electron chi connectivity index (χ0n) is 11.0. The van der Waals surface area contributed by atoms with Crippen molar-refractivity contribution in [2.45, 2.75) is 0 Å². The van der Waals surface area contributed by atoms with Gasteiger partial charge in [0, 0.05) is 11.1 Å². The Balaban J connectivity index is 2.06. The summed E-state index contributed by atoms with van der Waals surface area (Å²) in [6.07, 6.45) is 0. The number of hydrogen-bond donors (Lipinski definition) is 3. The van der Waals surface area contributed by atoms with Gasteiger partial charge >= 0.3 is 6.03 Å². The van der Waals surface area contributed by atoms with Gasteiger partial charge < -0.3 is 11.1 Å². The lowest BCUT2D eigenvalue weighted by Gasteiger charge is -2.11. The molecule has 0 bridgehead atoms. The average molecular weight is 315 g/mol. The van der Waals surface area contributed by atoms with Gasteiger partial charge in [-0.3, -0.25) is 5.32 Å². The normalized spacial score (nSPS) is 9.71. The van der Waals surface area contributed by atoms with E-state index in [2.05, 4.69) is 10.6 Å². The van der Waals surface area contributed by atoms with E-state index >= 15 is 0 Å². The summed E-state index contributed by atoms with van der Waals surface area (Å²) in [5.74, 6) is 0. The van der Waals surface area contributed by atoms with Gasteiger partial charge in [-0.25, -0.2) is 4.79 Å². The molecule has 2 amide bonds. The van der Waals surface area contributed by atoms with E-state index in [9.17, 15) is 4.79 Å². The third-order valence-electron chi connectivity index (χ3n) is 2.70. The highest BCUT2D eigenvalue weighted by molar-refractivity contribution is 7.81. The van der Waals surface area contributed by atoms with Crippen molar-refractivity contribution >= 4 is 46.1 Å². The lowest BCUT2D eigenvalue weighted by atomic mass is 10.2. The highest BCUT2D eigenvalue weighted by Crippen LogP contribution is 2.14. The maximum absolute atomic E-state index is 12.0. The first kappa shape index (κ1) is 15.1. The van der Waals surface area contributed by atoms with Gasteiger partial charge in [0.05, 0.1) is 5.69 Å². The molecule has 2 aromatic rings. The number of carbonyl (C=O) groups excluding carboxylic acids is 1. The molecular formula is C15H13N3OS2. The summed E-state index contributed by atoms with van der Waals surface area (Å²) >= 11 is 10.1. The summed E-state index contributed by atoms with van der Waals surface area (Å²) in [4.78, 5) is 12.5. The Bertz CT molecular complexity index is 686. The number of amides is 2. The first-order valence-electron chi connectivity index (χ1n) is 6.14. The Morgan fingerprint density at radius 2 is 1.57 bits per heavy atom. The number of nitrogens with two attached hydrogens (primary N) is 1. The second-order valence-corrected chi connectivity index (χ2v) is 5.03. The first-order valence-corrected chi connectivity index (χ1v) is 6.96. The molecule has 21 heavy (non-hydrogen) atoms. The highest BCUT2D eigenvalue weighted by atomic mass is 32.1. The zero-order valence-corrected chi connectivity index (χ0v) is 12.6. The molecule has 0 aliphatic carbocycles. The van der Waals surface area contributed by atoms with Gasteiger partial charge in [0.1, 0.15) is 9.98 Å². The molecule has 0 fully saturated rings. The van der Waals surface area contributed by atoms with Crippen LogP contribution in [-0.4, -0.2) is 16.0 Å². The van der Waals surface area contributed by atoms with Crippen LogP contribution in [0.1, 0.15) is 11.1 Å². The van der Waals surface area contributed by atoms with Crippen LogP contribution in [0, 0.1) is 0 Å². The lowest BCUT2D eigenvalue weighted by molar-refractivity contribution is 0.256. The summed E-state index contributed by atoms with van der Waals surface area (Å²) < 4.78 is 0. The SMILES string of the molecule is NC(=S)c1ccccc1NC(=O)NC(=S)c1ccccc1. The summed E-state index contributed by atoms with van der Waals surface area (Å²) in [5.41, 5.74) is 7.53. The second-order valence-electron chi connectivity index (χ2n) is 4.18. The van der Waals surface area contributed by atoms with Gasteiger partial charge in [0.25, 0.3) is 0 Å². The molecule has 4 nitrogen and oxygen atoms in total. The Kier molecular flexibility index (Phi) is 4.97. The van der Waals surface area contributed by atoms with Crippen molar-refractivity contribution in [3.8, 4) is 0 Å². The molecule has 106 valence electrons. The van der Waals surface area contributed by atoms with Crippen LogP contribution in [0.3, 0.4) is 0 Å². The molecule has 0 saturated carbocycles. The van der Waals surface area contributed by atoms with Crippen molar-refractivity contribution in [3.05, 3.63) is 65.7 Å². The number of urea groups is 1. The minimum Gasteiger partial charge on any atom is -0.389 e. The van der Waals surface area contributed by atoms with E-state index in [0.29, 0.717) is 16.2 Å². The topological polar surface area (TPSA) is 67.1 Å². The lowest BCUT2D eigenvalue weighted by Crippen LogP contribution is -2.34. The van der Waals surface area contributed by atoms with Crippen LogP contribution in [0.25, 0.3) is 0 Å². The number of nitrogens with one attached hydrogen (secondary N) is 2. The van der Waals surface area contributed by atoms with Crippen LogP contribution < -0.4 is 16.4 Å². The third-order valence-corrected chi connectivity index (χ3v) is 3.26. The van der Waals surface area contributed by atoms with Gasteiger partial charge in [0.2, 0.25) is 0 Å². The number of carbonyl (C=O) groups is 1. The summed E-state index contributed by atoms with van der Waals surface area (Å²) in [5, 5.41) is 5.30. The molecule has 6 heteroatoms. The number of rotatable bonds is 3. The molecule has 0 radical (unpaired) electrons. The third kappa shape index (κ3) is 4.08. The maximum Gasteiger partial charge on any atom is 0.324 e. The smallest absolute Gasteiger partial charge is 0.324 e. The molecule has 0 saturated heterocycles. The van der Waals surface area contributed by atoms with Crippen molar-refractivity contribution in [1.82, 2.24) is 5.32 Å². The van der Waals surface area contributed by atoms with Gasteiger partial charge in [-0.1, -0.05) is 66.9 Å². The minimum atomic E-state index is -0.437. The zero-order chi connectivity index (χ0) is 15.2. The molecule has 0 unspecified atom stereocenters. The molecule has 2 aromatic carbocycles. The van der Waals surface area contributed by atoms with E-state index in [1.807, 2.05) is 30.3 Å². The standard InChI is InChI=1S/C15H13N3OS2/c16-13(20)11-8-4-5-9-12(11)17-15(19)18-14(21)10-6-2-1-3-7-10/h1-9H,(H2,16,20)(H2,17,18,19,21). The molecule has 2 rings (SSSR count). The van der Waals surface area contributed by atoms with Gasteiger partial charge in [-0.05, 0) is 12.1 Å². The second kappa shape index (κ2) is 6.92. The van der Waals surface area contributed by atoms with Gasteiger partial charge in [0.15, 0.2) is 0 Å². The summed E-state index contributed by atoms with van der Waals surface area (Å²) in [7, 11) is 0. The van der Waals surface area contributed by atoms with Crippen molar-refractivity contribution in [3.63, 3.8) is 0 Å². The largest absolute Gasteiger partial charge is 0.389 e. The number of anilines is 1. The quantitative estimate of drug-likeness (QED) is 0.762. The van der Waals surface area contributed by atoms with Crippen LogP contribution in [0.4, 0.5) is 10.5 Å². The van der Waals surface area contributed by atoms with E-state index in [1.165, 1.54) is 0 Å². The fraction of sp³-hybridized carbons (Fsp3) is 0. The summed E-state index contributed by atoms with van der Waals surface area (Å²) in [6, 6.07) is 15.8. The van der Waals surface area contributed by atoms with Crippen molar-refractivity contribution in [2.75, 3.05) is 5.32 Å². The Hall–Kier alpha value is -2.31. The van der Waals surface area contributed by atoms with Crippen LogP contribution in [0.5, 0.6) is 0 Å². The highest BCUT2D eigenvalue weighted by Gasteiger charge is 2.10. The monoisotopic (exact) mass is 315 g/mol. The Labute approximate surface area is 133 Å². The maximum atomic E-state index is 12.0. The van der Waals surface area contributed by atoms with E-state index < -0.39 is 6.03 Å². The van der Waals surface area contributed by atoms with Crippen molar-refractivity contribution < 1.29 is 4.79 Å². The molecular weight excluding hydrogens is 302 g/mol. The molecule has 4 N–H and O–H groups in total. The number of hydrogen-bond acceptors (Lipinski definition) is 3. The van der Waals surface area contributed by atoms with E-state index in [-0.39, 0.29) is 4.99 Å². The first-order chi connectivity index (χ1) is 10.1. The fourth-order valence-corrected chi connectivity index (χ4v) is 2.13. The van der Waals surface area contributed by atoms with E-state index in [1.54, 1.807) is 24.3 Å². The van der Waals surface area contributed by atoms with Crippen LogP contribution >= 0.6 is 24.4 Å². The van der Waals surface area contributed by atoms with Crippen LogP contribution in [-0.2, 0) is 0 Å². The molecule has 0 atom stereocenters. The number of thiocarbonyl (C=S) groups is 2. The van der Waals surface area contributed by atoms with Gasteiger partial charge in [-0.15, -0.1) is 0 Å². The minimum absolute atomic E-state index is 0.219. The van der Waals surface area contributed by atoms with Crippen molar-refractivity contribution in [2.24, 2.45) is 5.73 Å². The van der Waals surface area contributed by atoms with E-state index in [0.717, 1.165) is 5.56 Å². The van der Waals surface area contributed by atoms with E-state index in [4.69, 9.17) is 30.2 Å². The molecule has 0 spiro atoms. The summed E-state index contributed by atoms with van der Waals surface area (Å²) in [6.45, 7) is 0. The number of para-hydroxylation sites is 1. The van der Waals surface area contributed by atoms with Crippen molar-refractivity contribution in [1.29, 1.82) is 0 Å². The molecule has 0 aromatic heterocycles. The predicted molar refractivity (Wildman–Crippen MR) is 92.6 cm³/mol. The van der Waals surface area contributed by atoms with Crippen LogP contribution in [0.2, 0.25) is 0 Å². The predicted octanol–water partition coefficient (Wildman–Crippen LogP) is 2.82. The Morgan fingerprint density at radius 3 is 2.24 bits per heavy atom. The fourth-order valence-electron chi connectivity index (χ4n) is 1.73. The van der Waals surface area contributed by atoms with Gasteiger partial charge in [-0.2, -0.15) is 0 Å². The Morgan fingerprint density at radius 1 is 0.952 bits per heavy atom. The average Bonchev–Trinajstić information content (AvgIpc) is 2.48. The number of benzene rings is 2. The molecule has 0 heterocycles.